The van der Waals surface area contributed by atoms with Crippen LogP contribution >= 0.6 is 15.9 Å². The number of hydrogen-bond donors (Lipinski definition) is 0. The Kier molecular flexibility index (Phi) is 6.02. The van der Waals surface area contributed by atoms with Gasteiger partial charge in [0.25, 0.3) is 0 Å². The average Bonchev–Trinajstić information content (AvgIpc) is 2.74. The Morgan fingerprint density at radius 3 is 2.57 bits per heavy atom. The van der Waals surface area contributed by atoms with E-state index < -0.39 is 0 Å². The van der Waals surface area contributed by atoms with Crippen LogP contribution in [0, 0.1) is 0 Å². The van der Waals surface area contributed by atoms with Crippen molar-refractivity contribution in [3.63, 3.8) is 0 Å². The molecule has 0 aromatic heterocycles. The van der Waals surface area contributed by atoms with Crippen LogP contribution in [-0.4, -0.2) is 43.6 Å². The second-order valence-corrected chi connectivity index (χ2v) is 8.46. The predicted octanol–water partition coefficient (Wildman–Crippen LogP) is 4.36. The number of ether oxygens (including phenoxy) is 1. The molecule has 0 saturated carbocycles. The van der Waals surface area contributed by atoms with Gasteiger partial charge in [-0.2, -0.15) is 0 Å². The number of halogens is 1. The molecule has 1 unspecified atom stereocenters. The van der Waals surface area contributed by atoms with Crippen LogP contribution in [0.15, 0.2) is 46.9 Å². The van der Waals surface area contributed by atoms with E-state index in [2.05, 4.69) is 64.2 Å². The van der Waals surface area contributed by atoms with Gasteiger partial charge in [0, 0.05) is 36.3 Å². The highest BCUT2D eigenvalue weighted by molar-refractivity contribution is 9.10. The zero-order valence-corrected chi connectivity index (χ0v) is 18.0. The first-order valence-electron chi connectivity index (χ1n) is 10.2. The van der Waals surface area contributed by atoms with E-state index in [1.54, 1.807) is 0 Å². The van der Waals surface area contributed by atoms with Gasteiger partial charge in [-0.25, -0.2) is 0 Å². The number of aryl methyl sites for hydroxylation is 1. The third kappa shape index (κ3) is 4.26. The van der Waals surface area contributed by atoms with Crippen LogP contribution in [0.4, 0.5) is 5.69 Å². The van der Waals surface area contributed by atoms with Gasteiger partial charge in [0.05, 0.1) is 19.1 Å². The highest BCUT2D eigenvalue weighted by Gasteiger charge is 2.27. The second kappa shape index (κ2) is 8.66. The summed E-state index contributed by atoms with van der Waals surface area (Å²) in [6, 6.07) is 15.1. The number of carbonyl (C=O) groups excluding carboxylic acids is 1. The number of fused-ring (bicyclic) bond motifs is 1. The summed E-state index contributed by atoms with van der Waals surface area (Å²) in [4.78, 5) is 17.2. The summed E-state index contributed by atoms with van der Waals surface area (Å²) in [5, 5.41) is 0. The molecule has 2 aliphatic rings. The molecule has 148 valence electrons. The molecule has 5 heteroatoms. The molecular formula is C23H27BrN2O2. The van der Waals surface area contributed by atoms with Gasteiger partial charge in [-0.05, 0) is 53.8 Å². The maximum absolute atomic E-state index is 12.9. The summed E-state index contributed by atoms with van der Waals surface area (Å²) in [6.45, 7) is 6.16. The smallest absolute Gasteiger partial charge is 0.225 e. The molecule has 4 rings (SSSR count). The Morgan fingerprint density at radius 1 is 1.11 bits per heavy atom. The number of nitrogens with zero attached hydrogens (tertiary/aromatic N) is 2. The molecule has 1 saturated heterocycles. The van der Waals surface area contributed by atoms with Gasteiger partial charge in [0.2, 0.25) is 5.91 Å². The number of hydrogen-bond acceptors (Lipinski definition) is 3. The normalized spacial score (nSPS) is 19.4. The SMILES string of the molecule is CCc1ccc(N2CCN(C(=O)CC3OCCc4cc(Br)ccc43)CC2)cc1. The van der Waals surface area contributed by atoms with Crippen LogP contribution in [0.25, 0.3) is 0 Å². The fraction of sp³-hybridized carbons (Fsp3) is 0.435. The predicted molar refractivity (Wildman–Crippen MR) is 116 cm³/mol. The molecule has 2 heterocycles. The van der Waals surface area contributed by atoms with Crippen molar-refractivity contribution in [1.82, 2.24) is 4.90 Å². The Hall–Kier alpha value is -1.85. The van der Waals surface area contributed by atoms with E-state index in [1.807, 2.05) is 11.0 Å². The zero-order chi connectivity index (χ0) is 19.5. The van der Waals surface area contributed by atoms with Crippen molar-refractivity contribution in [3.8, 4) is 0 Å². The number of amides is 1. The van der Waals surface area contributed by atoms with Crippen molar-refractivity contribution < 1.29 is 9.53 Å². The Bertz CT molecular complexity index is 829. The van der Waals surface area contributed by atoms with Crippen LogP contribution in [0.3, 0.4) is 0 Å². The highest BCUT2D eigenvalue weighted by Crippen LogP contribution is 2.32. The third-order valence-corrected chi connectivity index (χ3v) is 6.34. The molecule has 0 N–H and O–H groups in total. The maximum atomic E-state index is 12.9. The van der Waals surface area contributed by atoms with Gasteiger partial charge in [0.15, 0.2) is 0 Å². The first-order chi connectivity index (χ1) is 13.6. The standard InChI is InChI=1S/C23H27BrN2O2/c1-2-17-3-6-20(7-4-17)25-10-12-26(13-11-25)23(27)16-22-21-8-5-19(24)15-18(21)9-14-28-22/h3-8,15,22H,2,9-14,16H2,1H3. The lowest BCUT2D eigenvalue weighted by Crippen LogP contribution is -2.49. The van der Waals surface area contributed by atoms with Gasteiger partial charge in [-0.1, -0.05) is 41.1 Å². The van der Waals surface area contributed by atoms with E-state index in [0.29, 0.717) is 13.0 Å². The molecule has 28 heavy (non-hydrogen) atoms. The minimum atomic E-state index is -0.121. The Balaban J connectivity index is 1.34. The number of benzene rings is 2. The molecule has 1 fully saturated rings. The fourth-order valence-corrected chi connectivity index (χ4v) is 4.53. The summed E-state index contributed by atoms with van der Waals surface area (Å²) in [5.41, 5.74) is 5.06. The van der Waals surface area contributed by atoms with Gasteiger partial charge >= 0.3 is 0 Å². The first-order valence-corrected chi connectivity index (χ1v) is 10.9. The lowest BCUT2D eigenvalue weighted by Gasteiger charge is -2.37. The molecule has 1 amide bonds. The van der Waals surface area contributed by atoms with Crippen LogP contribution in [0.5, 0.6) is 0 Å². The van der Waals surface area contributed by atoms with Crippen molar-refractivity contribution in [1.29, 1.82) is 0 Å². The molecule has 0 bridgehead atoms. The average molecular weight is 443 g/mol. The molecule has 2 aromatic rings. The molecule has 0 aliphatic carbocycles. The van der Waals surface area contributed by atoms with Gasteiger partial charge in [0.1, 0.15) is 0 Å². The molecule has 0 spiro atoms. The van der Waals surface area contributed by atoms with Gasteiger partial charge < -0.3 is 14.5 Å². The van der Waals surface area contributed by atoms with Crippen molar-refractivity contribution >= 4 is 27.5 Å². The largest absolute Gasteiger partial charge is 0.373 e. The van der Waals surface area contributed by atoms with Crippen molar-refractivity contribution in [3.05, 3.63) is 63.6 Å². The molecule has 4 nitrogen and oxygen atoms in total. The molecule has 1 atom stereocenters. The quantitative estimate of drug-likeness (QED) is 0.704. The maximum Gasteiger partial charge on any atom is 0.225 e. The molecule has 2 aromatic carbocycles. The number of carbonyl (C=O) groups is 1. The van der Waals surface area contributed by atoms with Gasteiger partial charge in [-0.3, -0.25) is 4.79 Å². The van der Waals surface area contributed by atoms with E-state index in [1.165, 1.54) is 16.8 Å². The molecule has 2 aliphatic heterocycles. The summed E-state index contributed by atoms with van der Waals surface area (Å²) >= 11 is 3.54. The Labute approximate surface area is 175 Å². The minimum Gasteiger partial charge on any atom is -0.373 e. The zero-order valence-electron chi connectivity index (χ0n) is 16.4. The van der Waals surface area contributed by atoms with Crippen LogP contribution < -0.4 is 4.90 Å². The molecular weight excluding hydrogens is 416 g/mol. The second-order valence-electron chi connectivity index (χ2n) is 7.54. The number of piperazine rings is 1. The van der Waals surface area contributed by atoms with Crippen molar-refractivity contribution in [2.75, 3.05) is 37.7 Å². The molecule has 0 radical (unpaired) electrons. The summed E-state index contributed by atoms with van der Waals surface area (Å²) in [5.74, 6) is 0.196. The lowest BCUT2D eigenvalue weighted by atomic mass is 9.95. The van der Waals surface area contributed by atoms with Crippen molar-refractivity contribution in [2.24, 2.45) is 0 Å². The van der Waals surface area contributed by atoms with Crippen LogP contribution in [0.2, 0.25) is 0 Å². The highest BCUT2D eigenvalue weighted by atomic mass is 79.9. The fourth-order valence-electron chi connectivity index (χ4n) is 4.12. The lowest BCUT2D eigenvalue weighted by molar-refractivity contribution is -0.135. The van der Waals surface area contributed by atoms with Crippen LogP contribution in [0.1, 0.15) is 36.1 Å². The monoisotopic (exact) mass is 442 g/mol. The van der Waals surface area contributed by atoms with Gasteiger partial charge in [-0.15, -0.1) is 0 Å². The van der Waals surface area contributed by atoms with Crippen LogP contribution in [-0.2, 0) is 22.4 Å². The van der Waals surface area contributed by atoms with E-state index in [9.17, 15) is 4.79 Å². The number of anilines is 1. The summed E-state index contributed by atoms with van der Waals surface area (Å²) in [7, 11) is 0. The van der Waals surface area contributed by atoms with E-state index in [4.69, 9.17) is 4.74 Å². The van der Waals surface area contributed by atoms with Crippen molar-refractivity contribution in [2.45, 2.75) is 32.3 Å². The topological polar surface area (TPSA) is 32.8 Å². The summed E-state index contributed by atoms with van der Waals surface area (Å²) in [6.07, 6.45) is 2.28. The minimum absolute atomic E-state index is 0.121. The summed E-state index contributed by atoms with van der Waals surface area (Å²) < 4.78 is 7.03. The van der Waals surface area contributed by atoms with E-state index in [0.717, 1.165) is 49.1 Å². The van der Waals surface area contributed by atoms with E-state index >= 15 is 0 Å². The van der Waals surface area contributed by atoms with E-state index in [-0.39, 0.29) is 12.0 Å². The Morgan fingerprint density at radius 2 is 1.86 bits per heavy atom. The third-order valence-electron chi connectivity index (χ3n) is 5.84. The number of rotatable bonds is 4. The first kappa shape index (κ1) is 19.5.